The second kappa shape index (κ2) is 8.68. The first-order valence-corrected chi connectivity index (χ1v) is 8.87. The number of halogens is 7. The monoisotopic (exact) mass is 438 g/mol. The van der Waals surface area contributed by atoms with Crippen molar-refractivity contribution in [3.63, 3.8) is 0 Å². The number of hydrogen-bond donors (Lipinski definition) is 1. The van der Waals surface area contributed by atoms with Crippen LogP contribution < -0.4 is 14.8 Å². The minimum atomic E-state index is -5.03. The van der Waals surface area contributed by atoms with E-state index in [1.165, 1.54) is 18.2 Å². The van der Waals surface area contributed by atoms with E-state index in [2.05, 4.69) is 14.8 Å². The topological polar surface area (TPSA) is 33.7 Å². The van der Waals surface area contributed by atoms with Gasteiger partial charge in [-0.3, -0.25) is 4.90 Å². The highest BCUT2D eigenvalue weighted by Crippen LogP contribution is 2.34. The molecular weight excluding hydrogens is 421 g/mol. The van der Waals surface area contributed by atoms with Gasteiger partial charge in [-0.2, -0.15) is 0 Å². The highest BCUT2D eigenvalue weighted by atomic mass is 19.4. The standard InChI is InChI=1S/C19H17F7N2O2/c20-15-11-13(3-6-16(15)30-19(24,25)26)17(28-9-7-27-8-10-28)12-1-4-14(5-2-12)29-18(21,22)23/h1-6,11,17,27H,7-10H2/t17-/m0/s1. The van der Waals surface area contributed by atoms with E-state index in [4.69, 9.17) is 0 Å². The highest BCUT2D eigenvalue weighted by molar-refractivity contribution is 5.39. The summed E-state index contributed by atoms with van der Waals surface area (Å²) in [6, 6.07) is 7.63. The molecule has 1 heterocycles. The molecule has 0 aliphatic carbocycles. The maximum atomic E-state index is 14.3. The quantitative estimate of drug-likeness (QED) is 0.691. The largest absolute Gasteiger partial charge is 0.573 e. The molecule has 30 heavy (non-hydrogen) atoms. The van der Waals surface area contributed by atoms with E-state index >= 15 is 0 Å². The Labute approximate surface area is 167 Å². The summed E-state index contributed by atoms with van der Waals surface area (Å²) in [5.41, 5.74) is 0.878. The van der Waals surface area contributed by atoms with E-state index in [-0.39, 0.29) is 0 Å². The predicted octanol–water partition coefficient (Wildman–Crippen LogP) is 4.62. The van der Waals surface area contributed by atoms with Crippen LogP contribution in [0.25, 0.3) is 0 Å². The number of nitrogens with zero attached hydrogens (tertiary/aromatic N) is 1. The zero-order valence-electron chi connectivity index (χ0n) is 15.4. The van der Waals surface area contributed by atoms with E-state index in [1.807, 2.05) is 4.90 Å². The summed E-state index contributed by atoms with van der Waals surface area (Å²) in [7, 11) is 0. The second-order valence-electron chi connectivity index (χ2n) is 6.54. The van der Waals surface area contributed by atoms with Crippen LogP contribution in [0.15, 0.2) is 42.5 Å². The van der Waals surface area contributed by atoms with Crippen molar-refractivity contribution in [3.05, 3.63) is 59.4 Å². The van der Waals surface area contributed by atoms with Crippen LogP contribution in [0.1, 0.15) is 17.2 Å². The minimum Gasteiger partial charge on any atom is -0.406 e. The average Bonchev–Trinajstić information content (AvgIpc) is 2.64. The number of nitrogens with one attached hydrogen (secondary N) is 1. The van der Waals surface area contributed by atoms with Crippen molar-refractivity contribution in [1.82, 2.24) is 10.2 Å². The first-order chi connectivity index (χ1) is 14.0. The summed E-state index contributed by atoms with van der Waals surface area (Å²) < 4.78 is 96.1. The lowest BCUT2D eigenvalue weighted by atomic mass is 9.96. The molecule has 11 heteroatoms. The summed E-state index contributed by atoms with van der Waals surface area (Å²) >= 11 is 0. The molecule has 1 N–H and O–H groups in total. The van der Waals surface area contributed by atoms with Crippen LogP contribution in [0.3, 0.4) is 0 Å². The Morgan fingerprint density at radius 3 is 1.90 bits per heavy atom. The third kappa shape index (κ3) is 5.99. The molecule has 0 amide bonds. The third-order valence-corrected chi connectivity index (χ3v) is 4.44. The van der Waals surface area contributed by atoms with Crippen molar-refractivity contribution >= 4 is 0 Å². The Bertz CT molecular complexity index is 847. The van der Waals surface area contributed by atoms with E-state index in [0.717, 1.165) is 24.3 Å². The van der Waals surface area contributed by atoms with Crippen molar-refractivity contribution in [2.75, 3.05) is 26.2 Å². The molecule has 0 bridgehead atoms. The van der Waals surface area contributed by atoms with Crippen molar-refractivity contribution in [2.24, 2.45) is 0 Å². The van der Waals surface area contributed by atoms with Crippen LogP contribution in [-0.2, 0) is 0 Å². The van der Waals surface area contributed by atoms with Crippen LogP contribution in [-0.4, -0.2) is 43.8 Å². The Kier molecular flexibility index (Phi) is 6.41. The van der Waals surface area contributed by atoms with Gasteiger partial charge in [-0.25, -0.2) is 4.39 Å². The van der Waals surface area contributed by atoms with Crippen LogP contribution in [0.5, 0.6) is 11.5 Å². The van der Waals surface area contributed by atoms with E-state index in [1.54, 1.807) is 0 Å². The Balaban J connectivity index is 1.92. The first-order valence-electron chi connectivity index (χ1n) is 8.87. The summed E-state index contributed by atoms with van der Waals surface area (Å²) in [4.78, 5) is 1.95. The summed E-state index contributed by atoms with van der Waals surface area (Å²) in [5.74, 6) is -2.56. The molecule has 3 rings (SSSR count). The lowest BCUT2D eigenvalue weighted by molar-refractivity contribution is -0.276. The molecule has 1 fully saturated rings. The van der Waals surface area contributed by atoms with Gasteiger partial charge in [-0.1, -0.05) is 18.2 Å². The van der Waals surface area contributed by atoms with Gasteiger partial charge >= 0.3 is 12.7 Å². The van der Waals surface area contributed by atoms with Gasteiger partial charge in [0.05, 0.1) is 6.04 Å². The van der Waals surface area contributed by atoms with Crippen LogP contribution in [0.4, 0.5) is 30.7 Å². The van der Waals surface area contributed by atoms with Gasteiger partial charge in [0.25, 0.3) is 0 Å². The fourth-order valence-corrected chi connectivity index (χ4v) is 3.30. The Morgan fingerprint density at radius 1 is 0.800 bits per heavy atom. The summed E-state index contributed by atoms with van der Waals surface area (Å²) in [6.07, 6.45) is -9.87. The highest BCUT2D eigenvalue weighted by Gasteiger charge is 2.33. The lowest BCUT2D eigenvalue weighted by Gasteiger charge is -2.35. The predicted molar refractivity (Wildman–Crippen MR) is 92.5 cm³/mol. The SMILES string of the molecule is Fc1cc([C@H](c2ccc(OC(F)(F)F)cc2)N2CCNCC2)ccc1OC(F)(F)F. The lowest BCUT2D eigenvalue weighted by Crippen LogP contribution is -2.45. The minimum absolute atomic E-state index is 0.341. The molecule has 1 atom stereocenters. The van der Waals surface area contributed by atoms with Gasteiger partial charge < -0.3 is 14.8 Å². The van der Waals surface area contributed by atoms with Gasteiger partial charge in [0.15, 0.2) is 11.6 Å². The molecule has 0 radical (unpaired) electrons. The van der Waals surface area contributed by atoms with Crippen molar-refractivity contribution < 1.29 is 40.2 Å². The van der Waals surface area contributed by atoms with Gasteiger partial charge in [-0.15, -0.1) is 26.3 Å². The smallest absolute Gasteiger partial charge is 0.406 e. The number of ether oxygens (including phenoxy) is 2. The Hall–Kier alpha value is -2.53. The normalized spacial score (nSPS) is 16.9. The summed E-state index contributed by atoms with van der Waals surface area (Å²) in [5, 5.41) is 3.15. The molecule has 1 aliphatic rings. The molecule has 1 saturated heterocycles. The molecule has 0 saturated carbocycles. The van der Waals surface area contributed by atoms with E-state index in [9.17, 15) is 30.7 Å². The zero-order valence-corrected chi connectivity index (χ0v) is 15.4. The average molecular weight is 438 g/mol. The maximum absolute atomic E-state index is 14.3. The van der Waals surface area contributed by atoms with E-state index < -0.39 is 36.1 Å². The second-order valence-corrected chi connectivity index (χ2v) is 6.54. The maximum Gasteiger partial charge on any atom is 0.573 e. The third-order valence-electron chi connectivity index (χ3n) is 4.44. The summed E-state index contributed by atoms with van der Waals surface area (Å²) in [6.45, 7) is 2.36. The fraction of sp³-hybridized carbons (Fsp3) is 0.368. The number of alkyl halides is 6. The van der Waals surface area contributed by atoms with Crippen molar-refractivity contribution in [1.29, 1.82) is 0 Å². The van der Waals surface area contributed by atoms with Crippen molar-refractivity contribution in [2.45, 2.75) is 18.8 Å². The molecule has 0 spiro atoms. The van der Waals surface area contributed by atoms with E-state index in [0.29, 0.717) is 37.3 Å². The molecular formula is C19H17F7N2O2. The molecule has 1 aliphatic heterocycles. The fourth-order valence-electron chi connectivity index (χ4n) is 3.30. The molecule has 4 nitrogen and oxygen atoms in total. The Morgan fingerprint density at radius 2 is 1.37 bits per heavy atom. The number of benzene rings is 2. The molecule has 164 valence electrons. The molecule has 0 aromatic heterocycles. The van der Waals surface area contributed by atoms with Gasteiger partial charge in [0.1, 0.15) is 5.75 Å². The van der Waals surface area contributed by atoms with Crippen LogP contribution in [0, 0.1) is 5.82 Å². The first kappa shape index (κ1) is 22.2. The van der Waals surface area contributed by atoms with Crippen molar-refractivity contribution in [3.8, 4) is 11.5 Å². The number of piperazine rings is 1. The van der Waals surface area contributed by atoms with Crippen LogP contribution in [0.2, 0.25) is 0 Å². The van der Waals surface area contributed by atoms with Gasteiger partial charge in [0, 0.05) is 26.2 Å². The van der Waals surface area contributed by atoms with Crippen LogP contribution >= 0.6 is 0 Å². The van der Waals surface area contributed by atoms with Gasteiger partial charge in [-0.05, 0) is 35.4 Å². The molecule has 2 aromatic carbocycles. The molecule has 0 unspecified atom stereocenters. The van der Waals surface area contributed by atoms with Gasteiger partial charge in [0.2, 0.25) is 0 Å². The molecule has 2 aromatic rings. The number of hydrogen-bond acceptors (Lipinski definition) is 4. The zero-order chi connectivity index (χ0) is 21.9. The number of rotatable bonds is 5.